The summed E-state index contributed by atoms with van der Waals surface area (Å²) in [5, 5.41) is 19.8. The minimum absolute atomic E-state index is 0.556. The molecule has 0 saturated heterocycles. The summed E-state index contributed by atoms with van der Waals surface area (Å²) >= 11 is -0.556. The molecule has 0 bridgehead atoms. The normalized spacial score (nSPS) is 10.8. The Morgan fingerprint density at radius 1 is 0.385 bits per heavy atom. The van der Waals surface area contributed by atoms with E-state index in [4.69, 9.17) is 29.2 Å². The Morgan fingerprint density at radius 2 is 0.641 bits per heavy atom. The van der Waals surface area contributed by atoms with Crippen LogP contribution in [0.5, 0.6) is 0 Å². The molecular formula is C34H22Cl2N2Ti-2. The van der Waals surface area contributed by atoms with Crippen LogP contribution < -0.4 is 0 Å². The number of nitrogens with zero attached hydrogens (tertiary/aromatic N) is 2. The van der Waals surface area contributed by atoms with Crippen LogP contribution in [0, 0.1) is 0 Å². The fraction of sp³-hybridized carbons (Fsp3) is 0. The molecule has 0 radical (unpaired) electrons. The Balaban J connectivity index is 0.000000883. The van der Waals surface area contributed by atoms with E-state index in [9.17, 15) is 0 Å². The standard InChI is InChI=1S/C34H22N2.2ClH.Ti/c1-5-15-27-23(11-1)21-24-12-2-6-16-28(24)33(27)35-31-19-9-10-20-32(31)36-34-29-17-7-3-13-25(29)22-26-14-4-8-18-30(26)34;;;/h1-22H;2*1H;/q-2;;;+2/p-2. The van der Waals surface area contributed by atoms with Gasteiger partial charge in [-0.05, 0) is 55.2 Å². The monoisotopic (exact) mass is 576 g/mol. The Bertz CT molecular complexity index is 1690. The number of hydrogen-bond acceptors (Lipinski definition) is 0. The van der Waals surface area contributed by atoms with E-state index in [1.807, 2.05) is 12.1 Å². The van der Waals surface area contributed by atoms with E-state index in [0.717, 1.165) is 44.3 Å². The fourth-order valence-electron chi connectivity index (χ4n) is 5.11. The molecular weight excluding hydrogens is 555 g/mol. The van der Waals surface area contributed by atoms with Gasteiger partial charge >= 0.3 is 35.6 Å². The van der Waals surface area contributed by atoms with Gasteiger partial charge in [-0.15, -0.1) is 11.4 Å². The summed E-state index contributed by atoms with van der Waals surface area (Å²) in [6, 6.07) is 46.5. The van der Waals surface area contributed by atoms with Gasteiger partial charge in [-0.2, -0.15) is 11.4 Å². The summed E-state index contributed by atoms with van der Waals surface area (Å²) in [7, 11) is 9.78. The summed E-state index contributed by atoms with van der Waals surface area (Å²) in [5.41, 5.74) is 3.68. The molecule has 39 heavy (non-hydrogen) atoms. The molecule has 0 spiro atoms. The summed E-state index contributed by atoms with van der Waals surface area (Å²) < 4.78 is 0. The van der Waals surface area contributed by atoms with Crippen molar-refractivity contribution in [2.24, 2.45) is 0 Å². The van der Waals surface area contributed by atoms with Crippen LogP contribution in [0.4, 0.5) is 22.7 Å². The molecule has 0 amide bonds. The van der Waals surface area contributed by atoms with Crippen molar-refractivity contribution in [1.29, 1.82) is 0 Å². The first-order valence-electron chi connectivity index (χ1n) is 12.6. The van der Waals surface area contributed by atoms with Gasteiger partial charge in [0.05, 0.1) is 0 Å². The van der Waals surface area contributed by atoms with Gasteiger partial charge in [0.25, 0.3) is 0 Å². The van der Waals surface area contributed by atoms with Crippen molar-refractivity contribution < 1.29 is 17.0 Å². The summed E-state index contributed by atoms with van der Waals surface area (Å²) in [5.74, 6) is 0. The molecule has 2 nitrogen and oxygen atoms in total. The van der Waals surface area contributed by atoms with Crippen molar-refractivity contribution in [3.63, 3.8) is 0 Å². The van der Waals surface area contributed by atoms with E-state index in [2.05, 4.69) is 121 Å². The molecule has 7 rings (SSSR count). The third-order valence-electron chi connectivity index (χ3n) is 6.83. The van der Waals surface area contributed by atoms with Gasteiger partial charge in [0.2, 0.25) is 0 Å². The molecule has 0 aliphatic rings. The third kappa shape index (κ3) is 5.22. The third-order valence-corrected chi connectivity index (χ3v) is 6.83. The molecule has 0 fully saturated rings. The first-order chi connectivity index (χ1) is 19.3. The number of para-hydroxylation sites is 2. The number of benzene rings is 7. The number of rotatable bonds is 4. The largest absolute Gasteiger partial charge is 0.658 e. The molecule has 0 aliphatic heterocycles. The average Bonchev–Trinajstić information content (AvgIpc) is 2.98. The molecule has 0 aromatic heterocycles. The first-order valence-corrected chi connectivity index (χ1v) is 16.9. The molecule has 0 N–H and O–H groups in total. The second-order valence-corrected chi connectivity index (χ2v) is 11.7. The van der Waals surface area contributed by atoms with E-state index in [1.165, 1.54) is 21.5 Å². The average molecular weight is 577 g/mol. The summed E-state index contributed by atoms with van der Waals surface area (Å²) in [4.78, 5) is 0. The Labute approximate surface area is 244 Å². The van der Waals surface area contributed by atoms with E-state index < -0.39 is 17.0 Å². The molecule has 0 heterocycles. The Hall–Kier alpha value is -3.53. The van der Waals surface area contributed by atoms with Crippen molar-refractivity contribution >= 4 is 84.4 Å². The van der Waals surface area contributed by atoms with Crippen LogP contribution in [0.3, 0.4) is 0 Å². The summed E-state index contributed by atoms with van der Waals surface area (Å²) in [6.45, 7) is 0. The van der Waals surface area contributed by atoms with Crippen LogP contribution in [0.1, 0.15) is 0 Å². The van der Waals surface area contributed by atoms with Crippen molar-refractivity contribution in [2.75, 3.05) is 0 Å². The van der Waals surface area contributed by atoms with Gasteiger partial charge in [-0.1, -0.05) is 121 Å². The maximum absolute atomic E-state index is 5.26. The van der Waals surface area contributed by atoms with Gasteiger partial charge in [0, 0.05) is 0 Å². The molecule has 7 aromatic carbocycles. The topological polar surface area (TPSA) is 28.2 Å². The number of hydrogen-bond donors (Lipinski definition) is 0. The molecule has 5 heteroatoms. The maximum Gasteiger partial charge on any atom is -0.0190 e. The molecule has 188 valence electrons. The van der Waals surface area contributed by atoms with E-state index in [-0.39, 0.29) is 0 Å². The second kappa shape index (κ2) is 11.7. The SMILES string of the molecule is [Cl][Ti][Cl].c1ccc([N-]c2c3ccccc3cc3ccccc23)c([N-]c2c3ccccc3cc3ccccc23)c1. The second-order valence-electron chi connectivity index (χ2n) is 9.12. The predicted molar refractivity (Wildman–Crippen MR) is 166 cm³/mol. The zero-order chi connectivity index (χ0) is 26.6. The van der Waals surface area contributed by atoms with Gasteiger partial charge in [-0.3, -0.25) is 0 Å². The van der Waals surface area contributed by atoms with Gasteiger partial charge < -0.3 is 10.6 Å². The van der Waals surface area contributed by atoms with Crippen LogP contribution in [-0.2, 0) is 17.0 Å². The molecule has 0 aliphatic carbocycles. The van der Waals surface area contributed by atoms with E-state index in [0.29, 0.717) is 0 Å². The Morgan fingerprint density at radius 3 is 0.949 bits per heavy atom. The quantitative estimate of drug-likeness (QED) is 0.147. The van der Waals surface area contributed by atoms with Crippen LogP contribution >= 0.6 is 18.6 Å². The van der Waals surface area contributed by atoms with Crippen molar-refractivity contribution in [1.82, 2.24) is 0 Å². The fourth-order valence-corrected chi connectivity index (χ4v) is 5.11. The summed E-state index contributed by atoms with van der Waals surface area (Å²) in [6.07, 6.45) is 0. The van der Waals surface area contributed by atoms with Crippen LogP contribution in [0.2, 0.25) is 0 Å². The Kier molecular flexibility index (Phi) is 7.72. The van der Waals surface area contributed by atoms with Crippen LogP contribution in [0.15, 0.2) is 133 Å². The van der Waals surface area contributed by atoms with Crippen LogP contribution in [-0.4, -0.2) is 0 Å². The molecule has 7 aromatic rings. The molecule has 0 unspecified atom stereocenters. The zero-order valence-electron chi connectivity index (χ0n) is 20.9. The van der Waals surface area contributed by atoms with Crippen molar-refractivity contribution in [3.8, 4) is 0 Å². The minimum Gasteiger partial charge on any atom is -0.658 e. The van der Waals surface area contributed by atoms with Gasteiger partial charge in [0.1, 0.15) is 0 Å². The van der Waals surface area contributed by atoms with E-state index in [1.54, 1.807) is 0 Å². The number of fused-ring (bicyclic) bond motifs is 4. The first kappa shape index (κ1) is 25.7. The predicted octanol–water partition coefficient (Wildman–Crippen LogP) is 12.3. The smallest absolute Gasteiger partial charge is 0.0190 e. The van der Waals surface area contributed by atoms with Gasteiger partial charge in [0.15, 0.2) is 0 Å². The van der Waals surface area contributed by atoms with Gasteiger partial charge in [-0.25, -0.2) is 0 Å². The molecule has 0 saturated carbocycles. The van der Waals surface area contributed by atoms with Crippen LogP contribution in [0.25, 0.3) is 53.7 Å². The maximum atomic E-state index is 5.26. The van der Waals surface area contributed by atoms with E-state index >= 15 is 0 Å². The van der Waals surface area contributed by atoms with Crippen molar-refractivity contribution in [3.05, 3.63) is 144 Å². The zero-order valence-corrected chi connectivity index (χ0v) is 23.9. The minimum atomic E-state index is -0.556. The number of halogens is 2. The van der Waals surface area contributed by atoms with Crippen molar-refractivity contribution in [2.45, 2.75) is 0 Å². The molecule has 0 atom stereocenters.